The van der Waals surface area contributed by atoms with Crippen LogP contribution in [0.2, 0.25) is 0 Å². The van der Waals surface area contributed by atoms with E-state index in [0.717, 1.165) is 18.8 Å². The number of nitro benzene ring substituents is 1. The molecule has 1 N–H and O–H groups in total. The standard InChI is InChI=1S/C12H15N4O2.BrH/c1-14-8-9-15(10-14)7-6-13-11-2-4-12(5-3-11)16(17)18;/h2-5,8-10,13H,6-7H2,1H3;1H/q+1;/p-1. The van der Waals surface area contributed by atoms with E-state index < -0.39 is 4.92 Å². The van der Waals surface area contributed by atoms with Gasteiger partial charge in [-0.25, -0.2) is 9.13 Å². The summed E-state index contributed by atoms with van der Waals surface area (Å²) in [5, 5.41) is 13.7. The Kier molecular flexibility index (Phi) is 5.50. The van der Waals surface area contributed by atoms with Crippen LogP contribution in [0.25, 0.3) is 0 Å². The van der Waals surface area contributed by atoms with E-state index in [1.54, 1.807) is 12.1 Å². The molecule has 0 saturated carbocycles. The second-order valence-electron chi connectivity index (χ2n) is 4.05. The van der Waals surface area contributed by atoms with E-state index in [1.807, 2.05) is 30.3 Å². The van der Waals surface area contributed by atoms with Crippen molar-refractivity contribution in [1.29, 1.82) is 0 Å². The first-order chi connectivity index (χ1) is 8.65. The minimum atomic E-state index is -0.399. The van der Waals surface area contributed by atoms with Crippen LogP contribution in [0.4, 0.5) is 11.4 Å². The zero-order valence-electron chi connectivity index (χ0n) is 10.5. The zero-order chi connectivity index (χ0) is 13.0. The number of aryl methyl sites for hydroxylation is 1. The van der Waals surface area contributed by atoms with Gasteiger partial charge in [0.2, 0.25) is 6.33 Å². The first-order valence-electron chi connectivity index (χ1n) is 5.64. The maximum atomic E-state index is 10.5. The van der Waals surface area contributed by atoms with Crippen molar-refractivity contribution in [3.63, 3.8) is 0 Å². The van der Waals surface area contributed by atoms with Crippen LogP contribution in [-0.2, 0) is 13.6 Å². The van der Waals surface area contributed by atoms with Crippen LogP contribution in [0.5, 0.6) is 0 Å². The van der Waals surface area contributed by atoms with E-state index in [0.29, 0.717) is 0 Å². The Morgan fingerprint density at radius 1 is 1.37 bits per heavy atom. The number of rotatable bonds is 5. The summed E-state index contributed by atoms with van der Waals surface area (Å²) in [6, 6.07) is 6.43. The SMILES string of the molecule is C[n+]1ccn(CCNc2ccc([N+](=O)[O-])cc2)c1.[Br-]. The summed E-state index contributed by atoms with van der Waals surface area (Å²) in [6.45, 7) is 1.62. The molecular formula is C12H15BrN4O2. The van der Waals surface area contributed by atoms with Crippen molar-refractivity contribution in [2.75, 3.05) is 11.9 Å². The Labute approximate surface area is 121 Å². The molecule has 0 saturated heterocycles. The fourth-order valence-electron chi connectivity index (χ4n) is 1.66. The number of aromatic nitrogens is 2. The highest BCUT2D eigenvalue weighted by atomic mass is 79.9. The van der Waals surface area contributed by atoms with Gasteiger partial charge in [-0.15, -0.1) is 0 Å². The number of halogens is 1. The second-order valence-corrected chi connectivity index (χ2v) is 4.05. The molecule has 0 spiro atoms. The Balaban J connectivity index is 0.00000180. The molecule has 102 valence electrons. The molecule has 2 rings (SSSR count). The summed E-state index contributed by atoms with van der Waals surface area (Å²) in [5.74, 6) is 0. The molecule has 1 heterocycles. The third-order valence-corrected chi connectivity index (χ3v) is 2.60. The molecule has 1 aromatic heterocycles. The highest BCUT2D eigenvalue weighted by Crippen LogP contribution is 2.14. The van der Waals surface area contributed by atoms with Crippen molar-refractivity contribution < 1.29 is 26.5 Å². The fraction of sp³-hybridized carbons (Fsp3) is 0.250. The van der Waals surface area contributed by atoms with E-state index in [9.17, 15) is 10.1 Å². The van der Waals surface area contributed by atoms with E-state index >= 15 is 0 Å². The van der Waals surface area contributed by atoms with Gasteiger partial charge in [0.1, 0.15) is 18.9 Å². The summed E-state index contributed by atoms with van der Waals surface area (Å²) in [6.07, 6.45) is 5.97. The molecule has 2 aromatic rings. The number of imidazole rings is 1. The Morgan fingerprint density at radius 2 is 2.05 bits per heavy atom. The van der Waals surface area contributed by atoms with Gasteiger partial charge >= 0.3 is 0 Å². The van der Waals surface area contributed by atoms with Gasteiger partial charge < -0.3 is 22.3 Å². The summed E-state index contributed by atoms with van der Waals surface area (Å²) < 4.78 is 4.05. The maximum Gasteiger partial charge on any atom is 0.269 e. The topological polar surface area (TPSA) is 64.0 Å². The van der Waals surface area contributed by atoms with Crippen molar-refractivity contribution >= 4 is 11.4 Å². The lowest BCUT2D eigenvalue weighted by molar-refractivity contribution is -0.671. The van der Waals surface area contributed by atoms with Crippen LogP contribution in [0.15, 0.2) is 43.0 Å². The Morgan fingerprint density at radius 3 is 2.58 bits per heavy atom. The lowest BCUT2D eigenvalue weighted by atomic mass is 10.3. The highest BCUT2D eigenvalue weighted by molar-refractivity contribution is 5.48. The number of hydrogen-bond donors (Lipinski definition) is 1. The van der Waals surface area contributed by atoms with Gasteiger partial charge in [0.05, 0.1) is 18.5 Å². The molecule has 0 radical (unpaired) electrons. The normalized spacial score (nSPS) is 9.74. The van der Waals surface area contributed by atoms with Crippen LogP contribution in [0.3, 0.4) is 0 Å². The lowest BCUT2D eigenvalue weighted by Crippen LogP contribution is -3.00. The van der Waals surface area contributed by atoms with Gasteiger partial charge in [-0.2, -0.15) is 0 Å². The van der Waals surface area contributed by atoms with Crippen molar-refractivity contribution in [3.8, 4) is 0 Å². The fourth-order valence-corrected chi connectivity index (χ4v) is 1.66. The number of nitro groups is 1. The molecule has 0 fully saturated rings. The Hall–Kier alpha value is -1.89. The molecule has 6 nitrogen and oxygen atoms in total. The summed E-state index contributed by atoms with van der Waals surface area (Å²) in [7, 11) is 1.97. The number of hydrogen-bond acceptors (Lipinski definition) is 3. The smallest absolute Gasteiger partial charge is 0.269 e. The van der Waals surface area contributed by atoms with E-state index in [2.05, 4.69) is 9.88 Å². The third kappa shape index (κ3) is 4.36. The zero-order valence-corrected chi connectivity index (χ0v) is 12.1. The maximum absolute atomic E-state index is 10.5. The van der Waals surface area contributed by atoms with Gasteiger partial charge in [-0.1, -0.05) is 0 Å². The van der Waals surface area contributed by atoms with Crippen molar-refractivity contribution in [1.82, 2.24) is 4.57 Å². The Bertz CT molecular complexity index is 539. The van der Waals surface area contributed by atoms with Crippen molar-refractivity contribution in [2.45, 2.75) is 6.54 Å². The molecule has 0 aliphatic heterocycles. The minimum Gasteiger partial charge on any atom is -1.00 e. The predicted molar refractivity (Wildman–Crippen MR) is 67.2 cm³/mol. The number of nitrogens with zero attached hydrogens (tertiary/aromatic N) is 3. The number of non-ortho nitro benzene ring substituents is 1. The number of nitrogens with one attached hydrogen (secondary N) is 1. The van der Waals surface area contributed by atoms with Gasteiger partial charge in [-0.3, -0.25) is 10.1 Å². The van der Waals surface area contributed by atoms with Crippen LogP contribution in [-0.4, -0.2) is 16.0 Å². The average molecular weight is 327 g/mol. The van der Waals surface area contributed by atoms with E-state index in [4.69, 9.17) is 0 Å². The molecule has 0 unspecified atom stereocenters. The van der Waals surface area contributed by atoms with E-state index in [-0.39, 0.29) is 22.7 Å². The van der Waals surface area contributed by atoms with Gasteiger partial charge in [0.25, 0.3) is 5.69 Å². The lowest BCUT2D eigenvalue weighted by Gasteiger charge is -2.03. The molecule has 0 aliphatic rings. The predicted octanol–water partition coefficient (Wildman–Crippen LogP) is -1.66. The molecule has 7 heteroatoms. The van der Waals surface area contributed by atoms with Crippen LogP contribution >= 0.6 is 0 Å². The monoisotopic (exact) mass is 326 g/mol. The molecule has 0 aliphatic carbocycles. The molecule has 0 atom stereocenters. The van der Waals surface area contributed by atoms with Gasteiger partial charge in [0, 0.05) is 17.8 Å². The van der Waals surface area contributed by atoms with E-state index in [1.165, 1.54) is 12.1 Å². The van der Waals surface area contributed by atoms with Crippen LogP contribution in [0.1, 0.15) is 0 Å². The minimum absolute atomic E-state index is 0. The summed E-state index contributed by atoms with van der Waals surface area (Å²) in [5.41, 5.74) is 0.995. The first kappa shape index (κ1) is 15.2. The molecule has 1 aromatic carbocycles. The average Bonchev–Trinajstić information content (AvgIpc) is 2.76. The largest absolute Gasteiger partial charge is 1.00 e. The summed E-state index contributed by atoms with van der Waals surface area (Å²) >= 11 is 0. The second kappa shape index (κ2) is 6.89. The summed E-state index contributed by atoms with van der Waals surface area (Å²) in [4.78, 5) is 10.1. The number of benzene rings is 1. The highest BCUT2D eigenvalue weighted by Gasteiger charge is 2.04. The van der Waals surface area contributed by atoms with Gasteiger partial charge in [0.15, 0.2) is 0 Å². The molecule has 0 amide bonds. The molecule has 19 heavy (non-hydrogen) atoms. The third-order valence-electron chi connectivity index (χ3n) is 2.60. The molecule has 0 bridgehead atoms. The van der Waals surface area contributed by atoms with Crippen LogP contribution < -0.4 is 26.9 Å². The van der Waals surface area contributed by atoms with Gasteiger partial charge in [-0.05, 0) is 12.1 Å². The molecular weight excluding hydrogens is 312 g/mol. The quantitative estimate of drug-likeness (QED) is 0.406. The first-order valence-corrected chi connectivity index (χ1v) is 5.64. The van der Waals surface area contributed by atoms with Crippen LogP contribution in [0, 0.1) is 10.1 Å². The number of anilines is 1. The van der Waals surface area contributed by atoms with Crippen molar-refractivity contribution in [2.24, 2.45) is 7.05 Å². The van der Waals surface area contributed by atoms with Crippen molar-refractivity contribution in [3.05, 3.63) is 53.1 Å².